The maximum Gasteiger partial charge on any atom is 0.262 e. The predicted molar refractivity (Wildman–Crippen MR) is 131 cm³/mol. The molecule has 0 aliphatic heterocycles. The Balaban J connectivity index is 1.24. The summed E-state index contributed by atoms with van der Waals surface area (Å²) in [5.74, 6) is 0.155. The highest BCUT2D eigenvalue weighted by atomic mass is 16.5. The van der Waals surface area contributed by atoms with Crippen molar-refractivity contribution >= 4 is 23.0 Å². The van der Waals surface area contributed by atoms with Crippen LogP contribution >= 0.6 is 0 Å². The Kier molecular flexibility index (Phi) is 5.86. The zero-order chi connectivity index (χ0) is 23.3. The SMILES string of the molecule is O=C(COc1ccc(C(=O)c2ccccc2)cc1)Nc1ccccc1-c1cn2ccccc2n1. The van der Waals surface area contributed by atoms with Gasteiger partial charge in [0, 0.05) is 29.1 Å². The van der Waals surface area contributed by atoms with E-state index in [1.807, 2.05) is 77.5 Å². The van der Waals surface area contributed by atoms with Crippen LogP contribution < -0.4 is 10.1 Å². The lowest BCUT2D eigenvalue weighted by atomic mass is 10.0. The summed E-state index contributed by atoms with van der Waals surface area (Å²) in [6.45, 7) is -0.161. The van der Waals surface area contributed by atoms with E-state index in [1.54, 1.807) is 36.4 Å². The number of hydrogen-bond donors (Lipinski definition) is 1. The van der Waals surface area contributed by atoms with Gasteiger partial charge in [0.2, 0.25) is 0 Å². The van der Waals surface area contributed by atoms with E-state index in [1.165, 1.54) is 0 Å². The third-order valence-electron chi connectivity index (χ3n) is 5.36. The average Bonchev–Trinajstić information content (AvgIpc) is 3.32. The molecule has 0 unspecified atom stereocenters. The summed E-state index contributed by atoms with van der Waals surface area (Å²) in [4.78, 5) is 29.7. The van der Waals surface area contributed by atoms with Gasteiger partial charge in [0.05, 0.1) is 11.4 Å². The number of nitrogens with one attached hydrogen (secondary N) is 1. The van der Waals surface area contributed by atoms with Gasteiger partial charge in [-0.3, -0.25) is 9.59 Å². The number of anilines is 1. The highest BCUT2D eigenvalue weighted by Gasteiger charge is 2.13. The van der Waals surface area contributed by atoms with Crippen molar-refractivity contribution in [2.45, 2.75) is 0 Å². The van der Waals surface area contributed by atoms with Crippen LogP contribution in [-0.4, -0.2) is 27.7 Å². The van der Waals surface area contributed by atoms with Crippen molar-refractivity contribution in [2.24, 2.45) is 0 Å². The predicted octanol–water partition coefficient (Wildman–Crippen LogP) is 5.25. The van der Waals surface area contributed by atoms with Crippen LogP contribution in [0.25, 0.3) is 16.9 Å². The Morgan fingerprint density at radius 3 is 2.29 bits per heavy atom. The fourth-order valence-corrected chi connectivity index (χ4v) is 3.67. The third kappa shape index (κ3) is 4.56. The van der Waals surface area contributed by atoms with Crippen molar-refractivity contribution in [1.29, 1.82) is 0 Å². The number of benzene rings is 3. The van der Waals surface area contributed by atoms with E-state index in [0.29, 0.717) is 22.6 Å². The molecule has 6 nitrogen and oxygen atoms in total. The largest absolute Gasteiger partial charge is 0.484 e. The first kappa shape index (κ1) is 21.2. The van der Waals surface area contributed by atoms with E-state index in [-0.39, 0.29) is 18.3 Å². The molecule has 0 bridgehead atoms. The number of fused-ring (bicyclic) bond motifs is 1. The molecule has 0 spiro atoms. The van der Waals surface area contributed by atoms with Crippen LogP contribution in [0.15, 0.2) is 109 Å². The highest BCUT2D eigenvalue weighted by Crippen LogP contribution is 2.27. The van der Waals surface area contributed by atoms with Crippen LogP contribution in [0.2, 0.25) is 0 Å². The van der Waals surface area contributed by atoms with Gasteiger partial charge >= 0.3 is 0 Å². The van der Waals surface area contributed by atoms with E-state index >= 15 is 0 Å². The van der Waals surface area contributed by atoms with Gasteiger partial charge in [0.15, 0.2) is 12.4 Å². The number of carbonyl (C=O) groups excluding carboxylic acids is 2. The summed E-state index contributed by atoms with van der Waals surface area (Å²) in [6, 6.07) is 29.2. The molecule has 2 aromatic heterocycles. The van der Waals surface area contributed by atoms with Crippen LogP contribution in [0.4, 0.5) is 5.69 Å². The van der Waals surface area contributed by atoms with Crippen molar-refractivity contribution in [3.63, 3.8) is 0 Å². The smallest absolute Gasteiger partial charge is 0.262 e. The maximum absolute atomic E-state index is 12.6. The van der Waals surface area contributed by atoms with Gasteiger partial charge in [0.25, 0.3) is 5.91 Å². The van der Waals surface area contributed by atoms with Gasteiger partial charge in [-0.15, -0.1) is 0 Å². The number of aromatic nitrogens is 2. The molecule has 0 atom stereocenters. The number of nitrogens with zero attached hydrogens (tertiary/aromatic N) is 2. The van der Waals surface area contributed by atoms with Crippen molar-refractivity contribution in [3.8, 4) is 17.0 Å². The Hall–Kier alpha value is -4.71. The third-order valence-corrected chi connectivity index (χ3v) is 5.36. The molecular weight excluding hydrogens is 426 g/mol. The second-order valence-electron chi connectivity index (χ2n) is 7.69. The minimum Gasteiger partial charge on any atom is -0.484 e. The Bertz CT molecular complexity index is 1420. The van der Waals surface area contributed by atoms with Crippen molar-refractivity contribution in [1.82, 2.24) is 9.38 Å². The first-order valence-corrected chi connectivity index (χ1v) is 10.8. The average molecular weight is 447 g/mol. The molecule has 6 heteroatoms. The summed E-state index contributed by atoms with van der Waals surface area (Å²) in [7, 11) is 0. The number of ketones is 1. The quantitative estimate of drug-likeness (QED) is 0.346. The Morgan fingerprint density at radius 1 is 0.794 bits per heavy atom. The minimum atomic E-state index is -0.291. The van der Waals surface area contributed by atoms with E-state index in [9.17, 15) is 9.59 Å². The number of pyridine rings is 1. The van der Waals surface area contributed by atoms with E-state index in [2.05, 4.69) is 10.3 Å². The number of rotatable bonds is 7. The van der Waals surface area contributed by atoms with Crippen molar-refractivity contribution in [3.05, 3.63) is 121 Å². The molecule has 34 heavy (non-hydrogen) atoms. The summed E-state index contributed by atoms with van der Waals surface area (Å²) in [5, 5.41) is 2.91. The van der Waals surface area contributed by atoms with Gasteiger partial charge in [-0.25, -0.2) is 4.98 Å². The van der Waals surface area contributed by atoms with E-state index < -0.39 is 0 Å². The number of carbonyl (C=O) groups is 2. The lowest BCUT2D eigenvalue weighted by molar-refractivity contribution is -0.118. The van der Waals surface area contributed by atoms with Crippen molar-refractivity contribution in [2.75, 3.05) is 11.9 Å². The molecule has 1 amide bonds. The maximum atomic E-state index is 12.6. The molecule has 1 N–H and O–H groups in total. The topological polar surface area (TPSA) is 72.7 Å². The molecule has 2 heterocycles. The first-order chi connectivity index (χ1) is 16.7. The Morgan fingerprint density at radius 2 is 1.50 bits per heavy atom. The van der Waals surface area contributed by atoms with Gasteiger partial charge in [-0.2, -0.15) is 0 Å². The molecule has 5 aromatic rings. The monoisotopic (exact) mass is 447 g/mol. The second kappa shape index (κ2) is 9.42. The second-order valence-corrected chi connectivity index (χ2v) is 7.69. The van der Waals surface area contributed by atoms with Crippen LogP contribution in [0.5, 0.6) is 5.75 Å². The molecule has 0 saturated heterocycles. The number of amides is 1. The lowest BCUT2D eigenvalue weighted by Gasteiger charge is -2.11. The standard InChI is InChI=1S/C28H21N3O3/c32-27(19-34-22-15-13-21(14-16-22)28(33)20-8-2-1-3-9-20)30-24-11-5-4-10-23(24)25-18-31-17-7-6-12-26(31)29-25/h1-18H,19H2,(H,30,32). The van der Waals surface area contributed by atoms with Crippen LogP contribution in [0.3, 0.4) is 0 Å². The van der Waals surface area contributed by atoms with Crippen LogP contribution in [0.1, 0.15) is 15.9 Å². The number of imidazole rings is 1. The minimum absolute atomic E-state index is 0.0616. The van der Waals surface area contributed by atoms with Gasteiger partial charge in [-0.05, 0) is 42.5 Å². The molecule has 0 saturated carbocycles. The summed E-state index contributed by atoms with van der Waals surface area (Å²) in [6.07, 6.45) is 3.86. The first-order valence-electron chi connectivity index (χ1n) is 10.8. The molecule has 166 valence electrons. The van der Waals surface area contributed by atoms with Gasteiger partial charge in [-0.1, -0.05) is 54.6 Å². The number of para-hydroxylation sites is 1. The number of hydrogen-bond acceptors (Lipinski definition) is 4. The van der Waals surface area contributed by atoms with Gasteiger partial charge < -0.3 is 14.5 Å². The molecule has 5 rings (SSSR count). The fourth-order valence-electron chi connectivity index (χ4n) is 3.67. The molecular formula is C28H21N3O3. The fraction of sp³-hybridized carbons (Fsp3) is 0.0357. The molecule has 0 fully saturated rings. The van der Waals surface area contributed by atoms with Gasteiger partial charge in [0.1, 0.15) is 11.4 Å². The normalized spacial score (nSPS) is 10.7. The number of ether oxygens (including phenoxy) is 1. The van der Waals surface area contributed by atoms with Crippen molar-refractivity contribution < 1.29 is 14.3 Å². The summed E-state index contributed by atoms with van der Waals surface area (Å²) in [5.41, 5.74) is 4.26. The molecule has 0 aliphatic carbocycles. The highest BCUT2D eigenvalue weighted by molar-refractivity contribution is 6.09. The molecule has 0 radical (unpaired) electrons. The Labute approximate surface area is 196 Å². The van der Waals surface area contributed by atoms with Crippen LogP contribution in [0, 0.1) is 0 Å². The van der Waals surface area contributed by atoms with E-state index in [4.69, 9.17) is 4.74 Å². The molecule has 0 aliphatic rings. The summed E-state index contributed by atoms with van der Waals surface area (Å²) >= 11 is 0. The van der Waals surface area contributed by atoms with E-state index in [0.717, 1.165) is 16.9 Å². The zero-order valence-electron chi connectivity index (χ0n) is 18.2. The summed E-state index contributed by atoms with van der Waals surface area (Å²) < 4.78 is 7.56. The molecule has 3 aromatic carbocycles. The lowest BCUT2D eigenvalue weighted by Crippen LogP contribution is -2.20. The van der Waals surface area contributed by atoms with Crippen LogP contribution in [-0.2, 0) is 4.79 Å². The zero-order valence-corrected chi connectivity index (χ0v) is 18.2.